The minimum atomic E-state index is -0.832. The lowest BCUT2D eigenvalue weighted by atomic mass is 9.67. The van der Waals surface area contributed by atoms with Gasteiger partial charge in [0.05, 0.1) is 16.4 Å². The molecule has 0 atom stereocenters. The van der Waals surface area contributed by atoms with Crippen LogP contribution in [0.4, 0.5) is 0 Å². The van der Waals surface area contributed by atoms with E-state index in [9.17, 15) is 0 Å². The zero-order chi connectivity index (χ0) is 72.9. The third-order valence-electron chi connectivity index (χ3n) is 22.0. The highest BCUT2D eigenvalue weighted by Crippen LogP contribution is 2.59. The smallest absolute Gasteiger partial charge is 0.238 e. The molecule has 0 amide bonds. The molecule has 0 bridgehead atoms. The molecule has 4 heteroatoms. The van der Waals surface area contributed by atoms with Gasteiger partial charge in [-0.25, -0.2) is 4.98 Å². The van der Waals surface area contributed by atoms with E-state index < -0.39 is 5.41 Å². The van der Waals surface area contributed by atoms with Crippen LogP contribution in [0.5, 0.6) is 0 Å². The molecule has 19 aromatic rings. The second kappa shape index (κ2) is 27.8. The van der Waals surface area contributed by atoms with E-state index in [0.29, 0.717) is 17.6 Å². The predicted octanol–water partition coefficient (Wildman–Crippen LogP) is 27.3. The van der Waals surface area contributed by atoms with Gasteiger partial charge in [0.2, 0.25) is 5.95 Å². The third kappa shape index (κ3) is 11.9. The van der Waals surface area contributed by atoms with Gasteiger partial charge in [0.1, 0.15) is 0 Å². The summed E-state index contributed by atoms with van der Waals surface area (Å²) >= 11 is 0. The molecule has 0 radical (unpaired) electrons. The molecule has 0 unspecified atom stereocenters. The molecule has 20 rings (SSSR count). The summed E-state index contributed by atoms with van der Waals surface area (Å²) in [5.41, 5.74) is 32.1. The van der Waals surface area contributed by atoms with E-state index in [-0.39, 0.29) is 0 Å². The SMILES string of the molecule is c1ccc(-c2cc(-c3ccccc3)cc(-c3ccc4c(c3)C(c3ccccc3)(c3ccccc3)c3cc5c(cc3-4)c3cc(-c4cc(-c6ccccc6)cc(-c6ccccc6)c4)ccc3n5-c3nc(-c4cc(-c5ccccc5)cc(-c5ccccc5)c4)nc(-c4cc(-c5ccccc5)cc(-c5ccccc5)c4)n3)c2)cc1. The monoisotopic (exact) mass is 1400 g/mol. The quantitative estimate of drug-likeness (QED) is 0.103. The summed E-state index contributed by atoms with van der Waals surface area (Å²) in [6.07, 6.45) is 0. The lowest BCUT2D eigenvalue weighted by Crippen LogP contribution is -2.28. The Bertz CT molecular complexity index is 6210. The summed E-state index contributed by atoms with van der Waals surface area (Å²) in [6, 6.07) is 155. The van der Waals surface area contributed by atoms with Gasteiger partial charge in [0, 0.05) is 21.9 Å². The van der Waals surface area contributed by atoms with Crippen molar-refractivity contribution < 1.29 is 0 Å². The van der Waals surface area contributed by atoms with Crippen LogP contribution >= 0.6 is 0 Å². The lowest BCUT2D eigenvalue weighted by Gasteiger charge is -2.34. The van der Waals surface area contributed by atoms with Gasteiger partial charge in [-0.3, -0.25) is 4.57 Å². The maximum atomic E-state index is 5.90. The first kappa shape index (κ1) is 65.1. The standard InChI is InChI=1S/C106H70N4/c1-11-31-71(32-12-1)81-55-82(72-33-13-2-14-34-72)60-89(59-81)79-52-54-101-97(67-79)98-69-96-95-53-51-80(90-61-83(73-35-15-3-16-36-73)56-84(62-90)74-37-17-4-18-38-74)68-99(95)106(93-47-27-9-28-48-93,94-49-29-10-30-50-94)100(96)70-102(98)110(101)105-108-103(91-63-85(75-39-19-5-20-40-75)57-86(64-91)76-41-21-6-22-42-76)107-104(109-105)92-65-87(77-43-23-7-24-44-77)58-88(66-92)78-45-25-8-26-46-78/h1-70H. The maximum Gasteiger partial charge on any atom is 0.238 e. The van der Waals surface area contributed by atoms with Crippen molar-refractivity contribution in [3.63, 3.8) is 0 Å². The zero-order valence-electron chi connectivity index (χ0n) is 60.2. The van der Waals surface area contributed by atoms with Crippen LogP contribution < -0.4 is 0 Å². The summed E-state index contributed by atoms with van der Waals surface area (Å²) in [6.45, 7) is 0. The van der Waals surface area contributed by atoms with E-state index in [1.165, 1.54) is 22.3 Å². The second-order valence-electron chi connectivity index (χ2n) is 28.6. The van der Waals surface area contributed by atoms with Crippen LogP contribution in [0.25, 0.3) is 173 Å². The van der Waals surface area contributed by atoms with Crippen molar-refractivity contribution in [1.29, 1.82) is 0 Å². The van der Waals surface area contributed by atoms with Gasteiger partial charge in [-0.1, -0.05) is 322 Å². The number of hydrogen-bond donors (Lipinski definition) is 0. The Kier molecular flexibility index (Phi) is 16.4. The van der Waals surface area contributed by atoms with Crippen LogP contribution in [-0.2, 0) is 5.41 Å². The molecule has 2 aromatic heterocycles. The van der Waals surface area contributed by atoms with Crippen molar-refractivity contribution in [2.45, 2.75) is 5.41 Å². The summed E-state index contributed by atoms with van der Waals surface area (Å²) in [7, 11) is 0. The van der Waals surface area contributed by atoms with Crippen molar-refractivity contribution >= 4 is 21.8 Å². The van der Waals surface area contributed by atoms with E-state index in [1.807, 2.05) is 0 Å². The summed E-state index contributed by atoms with van der Waals surface area (Å²) in [5.74, 6) is 1.57. The van der Waals surface area contributed by atoms with Crippen LogP contribution in [0.2, 0.25) is 0 Å². The first-order chi connectivity index (χ1) is 54.5. The van der Waals surface area contributed by atoms with E-state index in [1.54, 1.807) is 0 Å². The molecule has 514 valence electrons. The number of rotatable bonds is 15. The van der Waals surface area contributed by atoms with E-state index in [2.05, 4.69) is 429 Å². The maximum absolute atomic E-state index is 5.90. The van der Waals surface area contributed by atoms with E-state index in [4.69, 9.17) is 15.0 Å². The van der Waals surface area contributed by atoms with Crippen molar-refractivity contribution in [2.75, 3.05) is 0 Å². The molecule has 0 fully saturated rings. The van der Waals surface area contributed by atoms with Crippen molar-refractivity contribution in [3.8, 4) is 151 Å². The lowest BCUT2D eigenvalue weighted by molar-refractivity contribution is 0.769. The fourth-order valence-corrected chi connectivity index (χ4v) is 16.8. The van der Waals surface area contributed by atoms with Gasteiger partial charge < -0.3 is 0 Å². The van der Waals surface area contributed by atoms with Crippen LogP contribution in [0.3, 0.4) is 0 Å². The molecule has 0 saturated carbocycles. The summed E-state index contributed by atoms with van der Waals surface area (Å²) < 4.78 is 2.34. The highest BCUT2D eigenvalue weighted by atomic mass is 15.2. The first-order valence-corrected chi connectivity index (χ1v) is 37.7. The van der Waals surface area contributed by atoms with Gasteiger partial charge in [-0.2, -0.15) is 9.97 Å². The average Bonchev–Trinajstić information content (AvgIpc) is 1.51. The normalized spacial score (nSPS) is 12.1. The highest BCUT2D eigenvalue weighted by Gasteiger charge is 2.47. The Hall–Kier alpha value is -14.5. The Labute approximate surface area is 640 Å². The van der Waals surface area contributed by atoms with Crippen molar-refractivity contribution in [3.05, 3.63) is 447 Å². The van der Waals surface area contributed by atoms with Crippen LogP contribution in [0.1, 0.15) is 22.3 Å². The van der Waals surface area contributed by atoms with Gasteiger partial charge in [0.15, 0.2) is 11.6 Å². The van der Waals surface area contributed by atoms with Gasteiger partial charge >= 0.3 is 0 Å². The zero-order valence-corrected chi connectivity index (χ0v) is 60.2. The fraction of sp³-hybridized carbons (Fsp3) is 0.00943. The number of benzene rings is 17. The molecule has 17 aromatic carbocycles. The minimum absolute atomic E-state index is 0.489. The van der Waals surface area contributed by atoms with Gasteiger partial charge in [-0.15, -0.1) is 0 Å². The third-order valence-corrected chi connectivity index (χ3v) is 22.0. The minimum Gasteiger partial charge on any atom is -0.278 e. The molecule has 4 nitrogen and oxygen atoms in total. The largest absolute Gasteiger partial charge is 0.278 e. The van der Waals surface area contributed by atoms with Crippen LogP contribution in [0.15, 0.2) is 425 Å². The molecule has 0 aliphatic heterocycles. The molecular weight excluding hydrogens is 1330 g/mol. The van der Waals surface area contributed by atoms with Crippen molar-refractivity contribution in [2.24, 2.45) is 0 Å². The molecule has 0 spiro atoms. The Morgan fingerprint density at radius 3 is 0.764 bits per heavy atom. The summed E-state index contributed by atoms with van der Waals surface area (Å²) in [5, 5.41) is 2.13. The number of hydrogen-bond acceptors (Lipinski definition) is 3. The first-order valence-electron chi connectivity index (χ1n) is 37.7. The Balaban J connectivity index is 0.893. The van der Waals surface area contributed by atoms with Crippen LogP contribution in [0, 0.1) is 0 Å². The van der Waals surface area contributed by atoms with Crippen LogP contribution in [-0.4, -0.2) is 19.5 Å². The van der Waals surface area contributed by atoms with E-state index in [0.717, 1.165) is 155 Å². The number of fused-ring (bicyclic) bond motifs is 6. The van der Waals surface area contributed by atoms with Crippen molar-refractivity contribution in [1.82, 2.24) is 19.5 Å². The summed E-state index contributed by atoms with van der Waals surface area (Å²) in [4.78, 5) is 17.5. The van der Waals surface area contributed by atoms with E-state index >= 15 is 0 Å². The molecule has 2 heterocycles. The molecule has 0 saturated heterocycles. The Morgan fingerprint density at radius 1 is 0.173 bits per heavy atom. The average molecular weight is 1400 g/mol. The molecule has 1 aliphatic rings. The number of aromatic nitrogens is 4. The highest BCUT2D eigenvalue weighted by molar-refractivity contribution is 6.13. The molecule has 0 N–H and O–H groups in total. The topological polar surface area (TPSA) is 43.6 Å². The molecule has 1 aliphatic carbocycles. The van der Waals surface area contributed by atoms with Gasteiger partial charge in [-0.05, 0) is 248 Å². The van der Waals surface area contributed by atoms with Gasteiger partial charge in [0.25, 0.3) is 0 Å². The molecule has 110 heavy (non-hydrogen) atoms. The predicted molar refractivity (Wildman–Crippen MR) is 457 cm³/mol. The fourth-order valence-electron chi connectivity index (χ4n) is 16.8. The molecular formula is C106H70N4. The second-order valence-corrected chi connectivity index (χ2v) is 28.6. The Morgan fingerprint density at radius 2 is 0.436 bits per heavy atom. The number of nitrogens with zero attached hydrogens (tertiary/aromatic N) is 4.